The maximum absolute atomic E-state index is 11.8. The largest absolute Gasteiger partial charge is 0.364 e. The van der Waals surface area contributed by atoms with Crippen LogP contribution >= 0.6 is 0 Å². The molecular weight excluding hydrogens is 284 g/mol. The maximum Gasteiger partial charge on any atom is 0.364 e. The maximum atomic E-state index is 11.8. The fourth-order valence-corrected chi connectivity index (χ4v) is 3.55. The van der Waals surface area contributed by atoms with Crippen LogP contribution < -0.4 is 0 Å². The number of hydrogen-bond acceptors (Lipinski definition) is 6. The first-order valence-electron chi connectivity index (χ1n) is 5.21. The minimum atomic E-state index is -4.57. The van der Waals surface area contributed by atoms with Crippen LogP contribution in [0.3, 0.4) is 0 Å². The summed E-state index contributed by atoms with van der Waals surface area (Å²) in [6, 6.07) is 0. The Kier molecular flexibility index (Phi) is 4.59. The molecular formula is C8H16N2O6S2. The molecule has 8 nitrogen and oxygen atoms in total. The fraction of sp³-hybridized carbons (Fsp3) is 0.750. The van der Waals surface area contributed by atoms with Gasteiger partial charge in [-0.2, -0.15) is 16.8 Å². The van der Waals surface area contributed by atoms with Crippen LogP contribution in [0.5, 0.6) is 0 Å². The van der Waals surface area contributed by atoms with Crippen LogP contribution in [0.4, 0.5) is 0 Å². The average Bonchev–Trinajstić information content (AvgIpc) is 2.63. The van der Waals surface area contributed by atoms with Crippen molar-refractivity contribution in [2.75, 3.05) is 13.7 Å². The van der Waals surface area contributed by atoms with Gasteiger partial charge in [-0.25, -0.2) is 8.49 Å². The topological polar surface area (TPSA) is 104 Å². The lowest BCUT2D eigenvalue weighted by atomic mass is 10.4. The van der Waals surface area contributed by atoms with Gasteiger partial charge in [-0.15, -0.1) is 0 Å². The van der Waals surface area contributed by atoms with Gasteiger partial charge in [-0.05, 0) is 6.42 Å². The molecule has 10 heteroatoms. The van der Waals surface area contributed by atoms with E-state index in [9.17, 15) is 16.8 Å². The van der Waals surface area contributed by atoms with Crippen LogP contribution in [0.25, 0.3) is 0 Å². The molecule has 0 aromatic carbocycles. The van der Waals surface area contributed by atoms with Gasteiger partial charge < -0.3 is 4.90 Å². The predicted octanol–water partition coefficient (Wildman–Crippen LogP) is -0.0621. The molecule has 0 aromatic heterocycles. The highest BCUT2D eigenvalue weighted by Crippen LogP contribution is 2.18. The van der Waals surface area contributed by atoms with Crippen LogP contribution in [0, 0.1) is 0 Å². The minimum absolute atomic E-state index is 0.0344. The predicted molar refractivity (Wildman–Crippen MR) is 63.9 cm³/mol. The Morgan fingerprint density at radius 1 is 1.33 bits per heavy atom. The summed E-state index contributed by atoms with van der Waals surface area (Å²) >= 11 is 0. The third-order valence-electron chi connectivity index (χ3n) is 2.22. The van der Waals surface area contributed by atoms with Crippen molar-refractivity contribution in [3.63, 3.8) is 0 Å². The Balaban J connectivity index is 2.84. The van der Waals surface area contributed by atoms with Gasteiger partial charge in [0.1, 0.15) is 6.67 Å². The quantitative estimate of drug-likeness (QED) is 0.685. The first-order valence-corrected chi connectivity index (χ1v) is 8.08. The minimum Gasteiger partial charge on any atom is -0.361 e. The molecule has 1 aliphatic heterocycles. The highest BCUT2D eigenvalue weighted by atomic mass is 32.2. The van der Waals surface area contributed by atoms with Gasteiger partial charge in [0.15, 0.2) is 0 Å². The molecule has 1 N–H and O–H groups in total. The van der Waals surface area contributed by atoms with Crippen molar-refractivity contribution < 1.29 is 25.6 Å². The zero-order valence-corrected chi connectivity index (χ0v) is 11.7. The van der Waals surface area contributed by atoms with Gasteiger partial charge in [0.05, 0.1) is 0 Å². The van der Waals surface area contributed by atoms with E-state index in [0.29, 0.717) is 6.42 Å². The molecule has 1 heterocycles. The molecule has 106 valence electrons. The summed E-state index contributed by atoms with van der Waals surface area (Å²) in [5.74, 6) is 0. The number of nitrogens with zero attached hydrogens (tertiary/aromatic N) is 2. The molecule has 0 radical (unpaired) electrons. The molecule has 0 aliphatic carbocycles. The van der Waals surface area contributed by atoms with Crippen LogP contribution in [0.15, 0.2) is 12.4 Å². The molecule has 0 bridgehead atoms. The first-order chi connectivity index (χ1) is 8.16. The van der Waals surface area contributed by atoms with Crippen molar-refractivity contribution in [1.29, 1.82) is 0 Å². The number of rotatable bonds is 6. The smallest absolute Gasteiger partial charge is 0.361 e. The monoisotopic (exact) mass is 300 g/mol. The second kappa shape index (κ2) is 5.43. The van der Waals surface area contributed by atoms with Crippen molar-refractivity contribution >= 4 is 20.4 Å². The zero-order chi connectivity index (χ0) is 14.0. The molecule has 0 saturated carbocycles. The second-order valence-corrected chi connectivity index (χ2v) is 6.94. The molecule has 0 amide bonds. The fourth-order valence-electron chi connectivity index (χ4n) is 1.32. The summed E-state index contributed by atoms with van der Waals surface area (Å²) in [7, 11) is -7.15. The Bertz CT molecular complexity index is 512. The molecule has 1 aliphatic rings. The van der Waals surface area contributed by atoms with E-state index in [0.717, 1.165) is 4.31 Å². The standard InChI is InChI=1S/C8H16N2O6S2/c1-3-4-8(17(11,12)13)16-18(14,15)10-6-5-9(2)7-10/h5-6,8H,3-4,7H2,1-2H3,(H,11,12,13). The molecule has 0 spiro atoms. The van der Waals surface area contributed by atoms with Crippen LogP contribution in [-0.2, 0) is 24.6 Å². The van der Waals surface area contributed by atoms with Crippen molar-refractivity contribution in [2.24, 2.45) is 0 Å². The molecule has 18 heavy (non-hydrogen) atoms. The van der Waals surface area contributed by atoms with E-state index in [4.69, 9.17) is 4.55 Å². The normalized spacial score (nSPS) is 18.4. The van der Waals surface area contributed by atoms with Crippen molar-refractivity contribution in [1.82, 2.24) is 9.21 Å². The SMILES string of the molecule is CCCC(OS(=O)(=O)N1C=CN(C)C1)S(=O)(=O)O. The Labute approximate surface area is 107 Å². The third-order valence-corrected chi connectivity index (χ3v) is 4.63. The first kappa shape index (κ1) is 15.2. The van der Waals surface area contributed by atoms with Crippen LogP contribution in [0.1, 0.15) is 19.8 Å². The second-order valence-electron chi connectivity index (χ2n) is 3.87. The van der Waals surface area contributed by atoms with E-state index in [-0.39, 0.29) is 13.1 Å². The molecule has 0 fully saturated rings. The van der Waals surface area contributed by atoms with E-state index in [2.05, 4.69) is 4.18 Å². The summed E-state index contributed by atoms with van der Waals surface area (Å²) in [4.78, 5) is 1.57. The van der Waals surface area contributed by atoms with Gasteiger partial charge in [-0.3, -0.25) is 4.55 Å². The molecule has 1 unspecified atom stereocenters. The summed E-state index contributed by atoms with van der Waals surface area (Å²) in [6.07, 6.45) is 3.01. The van der Waals surface area contributed by atoms with E-state index in [1.54, 1.807) is 18.9 Å². The van der Waals surface area contributed by atoms with Gasteiger partial charge in [0.2, 0.25) is 5.44 Å². The summed E-state index contributed by atoms with van der Waals surface area (Å²) in [5.41, 5.74) is -1.77. The van der Waals surface area contributed by atoms with Crippen molar-refractivity contribution in [3.05, 3.63) is 12.4 Å². The van der Waals surface area contributed by atoms with Crippen molar-refractivity contribution in [3.8, 4) is 0 Å². The van der Waals surface area contributed by atoms with E-state index < -0.39 is 25.9 Å². The number of hydrogen-bond donors (Lipinski definition) is 1. The summed E-state index contributed by atoms with van der Waals surface area (Å²) in [5, 5.41) is 0. The van der Waals surface area contributed by atoms with Crippen LogP contribution in [-0.4, -0.2) is 49.7 Å². The lowest BCUT2D eigenvalue weighted by Crippen LogP contribution is -2.35. The summed E-state index contributed by atoms with van der Waals surface area (Å²) in [6.45, 7) is 1.68. The molecule has 1 rings (SSSR count). The third kappa shape index (κ3) is 3.83. The Morgan fingerprint density at radius 2 is 1.94 bits per heavy atom. The summed E-state index contributed by atoms with van der Waals surface area (Å²) < 4.78 is 59.8. The zero-order valence-electron chi connectivity index (χ0n) is 10.1. The van der Waals surface area contributed by atoms with E-state index in [1.165, 1.54) is 12.4 Å². The van der Waals surface area contributed by atoms with E-state index in [1.807, 2.05) is 0 Å². The van der Waals surface area contributed by atoms with Crippen molar-refractivity contribution in [2.45, 2.75) is 25.2 Å². The molecule has 0 saturated heterocycles. The lowest BCUT2D eigenvalue weighted by Gasteiger charge is -2.20. The van der Waals surface area contributed by atoms with Crippen LogP contribution in [0.2, 0.25) is 0 Å². The Hall–Kier alpha value is -0.840. The lowest BCUT2D eigenvalue weighted by molar-refractivity contribution is 0.225. The van der Waals surface area contributed by atoms with Gasteiger partial charge >= 0.3 is 10.3 Å². The van der Waals surface area contributed by atoms with Gasteiger partial charge in [0, 0.05) is 19.4 Å². The molecule has 1 atom stereocenters. The molecule has 0 aromatic rings. The average molecular weight is 300 g/mol. The van der Waals surface area contributed by atoms with E-state index >= 15 is 0 Å². The van der Waals surface area contributed by atoms with Gasteiger partial charge in [0.25, 0.3) is 10.1 Å². The highest BCUT2D eigenvalue weighted by molar-refractivity contribution is 7.88. The van der Waals surface area contributed by atoms with Gasteiger partial charge in [-0.1, -0.05) is 13.3 Å². The Morgan fingerprint density at radius 3 is 2.33 bits per heavy atom. The highest BCUT2D eigenvalue weighted by Gasteiger charge is 2.33.